The molecule has 2 heterocycles. The summed E-state index contributed by atoms with van der Waals surface area (Å²) < 4.78 is 47.0. The number of amides is 1. The first-order valence-electron chi connectivity index (χ1n) is 7.53. The van der Waals surface area contributed by atoms with E-state index in [2.05, 4.69) is 10.3 Å². The molecule has 1 saturated heterocycles. The highest BCUT2D eigenvalue weighted by Crippen LogP contribution is 2.54. The molecule has 2 fully saturated rings. The molecule has 1 aromatic rings. The van der Waals surface area contributed by atoms with Crippen LogP contribution in [0.1, 0.15) is 30.9 Å². The Bertz CT molecular complexity index is 597. The largest absolute Gasteiger partial charge is 0.403 e. The van der Waals surface area contributed by atoms with Crippen molar-refractivity contribution in [2.45, 2.75) is 37.5 Å². The van der Waals surface area contributed by atoms with Gasteiger partial charge in [0, 0.05) is 33.4 Å². The van der Waals surface area contributed by atoms with Crippen LogP contribution in [-0.2, 0) is 16.6 Å². The number of halogens is 3. The van der Waals surface area contributed by atoms with Gasteiger partial charge in [-0.15, -0.1) is 5.10 Å². The van der Waals surface area contributed by atoms with Crippen LogP contribution in [0.5, 0.6) is 0 Å². The molecule has 1 aromatic heterocycles. The van der Waals surface area contributed by atoms with Gasteiger partial charge in [0.15, 0.2) is 0 Å². The molecule has 6 nitrogen and oxygen atoms in total. The van der Waals surface area contributed by atoms with Crippen LogP contribution >= 0.6 is 0 Å². The molecule has 0 N–H and O–H groups in total. The number of aromatic nitrogens is 3. The summed E-state index contributed by atoms with van der Waals surface area (Å²) in [5, 5.41) is 7.85. The van der Waals surface area contributed by atoms with Gasteiger partial charge < -0.3 is 9.64 Å². The number of hydrogen-bond acceptors (Lipinski definition) is 4. The van der Waals surface area contributed by atoms with Crippen LogP contribution in [0.15, 0.2) is 6.20 Å². The molecule has 2 aliphatic rings. The Morgan fingerprint density at radius 3 is 2.52 bits per heavy atom. The molecule has 1 amide bonds. The second-order valence-electron chi connectivity index (χ2n) is 6.34. The number of likely N-dealkylation sites (tertiary alicyclic amines) is 1. The molecule has 0 aromatic carbocycles. The fraction of sp³-hybridized carbons (Fsp3) is 0.786. The van der Waals surface area contributed by atoms with Gasteiger partial charge in [0.1, 0.15) is 5.41 Å². The van der Waals surface area contributed by atoms with Crippen molar-refractivity contribution in [1.29, 1.82) is 0 Å². The lowest BCUT2D eigenvalue weighted by Crippen LogP contribution is -2.55. The van der Waals surface area contributed by atoms with Crippen molar-refractivity contribution in [2.75, 3.05) is 20.2 Å². The van der Waals surface area contributed by atoms with Crippen molar-refractivity contribution in [1.82, 2.24) is 19.9 Å². The predicted octanol–water partition coefficient (Wildman–Crippen LogP) is 1.49. The summed E-state index contributed by atoms with van der Waals surface area (Å²) in [5.74, 6) is -1.09. The zero-order valence-corrected chi connectivity index (χ0v) is 13.0. The Balaban J connectivity index is 1.81. The maximum absolute atomic E-state index is 13.4. The van der Waals surface area contributed by atoms with Gasteiger partial charge >= 0.3 is 6.18 Å². The van der Waals surface area contributed by atoms with Crippen molar-refractivity contribution in [3.8, 4) is 0 Å². The Labute approximate surface area is 131 Å². The smallest absolute Gasteiger partial charge is 0.379 e. The first kappa shape index (κ1) is 16.2. The zero-order chi connectivity index (χ0) is 16.8. The number of methoxy groups -OCH3 is 1. The summed E-state index contributed by atoms with van der Waals surface area (Å²) >= 11 is 0. The topological polar surface area (TPSA) is 60.2 Å². The zero-order valence-electron chi connectivity index (χ0n) is 13.0. The summed E-state index contributed by atoms with van der Waals surface area (Å²) in [6.07, 6.45) is -3.00. The van der Waals surface area contributed by atoms with Gasteiger partial charge in [-0.05, 0) is 12.8 Å². The molecule has 23 heavy (non-hydrogen) atoms. The minimum Gasteiger partial charge on any atom is -0.379 e. The maximum Gasteiger partial charge on any atom is 0.403 e. The number of carbonyl (C=O) groups is 1. The summed E-state index contributed by atoms with van der Waals surface area (Å²) in [6, 6.07) is 0. The summed E-state index contributed by atoms with van der Waals surface area (Å²) in [4.78, 5) is 13.8. The Morgan fingerprint density at radius 1 is 1.39 bits per heavy atom. The Morgan fingerprint density at radius 2 is 2.09 bits per heavy atom. The number of carbonyl (C=O) groups excluding carboxylic acids is 1. The minimum atomic E-state index is -4.50. The van der Waals surface area contributed by atoms with Crippen LogP contribution in [0.2, 0.25) is 0 Å². The highest BCUT2D eigenvalue weighted by Gasteiger charge is 2.65. The number of aryl methyl sites for hydroxylation is 1. The Kier molecular flexibility index (Phi) is 3.86. The van der Waals surface area contributed by atoms with Crippen LogP contribution < -0.4 is 0 Å². The molecule has 1 saturated carbocycles. The van der Waals surface area contributed by atoms with E-state index in [-0.39, 0.29) is 38.0 Å². The third kappa shape index (κ3) is 2.50. The third-order valence-electron chi connectivity index (χ3n) is 5.02. The van der Waals surface area contributed by atoms with Crippen molar-refractivity contribution in [2.24, 2.45) is 12.5 Å². The predicted molar refractivity (Wildman–Crippen MR) is 73.5 cm³/mol. The van der Waals surface area contributed by atoms with E-state index in [1.807, 2.05) is 0 Å². The summed E-state index contributed by atoms with van der Waals surface area (Å²) in [5.41, 5.74) is -1.58. The SMILES string of the molecule is CO[C@@H]1CN(C(=O)C2(C(F)(F)F)CCC2)C[C@H]1c1cn(C)nn1. The van der Waals surface area contributed by atoms with Gasteiger partial charge in [-0.2, -0.15) is 13.2 Å². The lowest BCUT2D eigenvalue weighted by molar-refractivity contribution is -0.248. The lowest BCUT2D eigenvalue weighted by Gasteiger charge is -2.43. The van der Waals surface area contributed by atoms with Crippen molar-refractivity contribution >= 4 is 5.91 Å². The van der Waals surface area contributed by atoms with Crippen molar-refractivity contribution in [3.63, 3.8) is 0 Å². The highest BCUT2D eigenvalue weighted by atomic mass is 19.4. The Hall–Kier alpha value is -1.64. The van der Waals surface area contributed by atoms with Gasteiger partial charge in [0.05, 0.1) is 17.7 Å². The highest BCUT2D eigenvalue weighted by molar-refractivity contribution is 5.85. The molecule has 1 aliphatic carbocycles. The second-order valence-corrected chi connectivity index (χ2v) is 6.34. The molecule has 0 radical (unpaired) electrons. The standard InChI is InChI=1S/C14H19F3N4O2/c1-20-7-10(18-19-20)9-6-21(8-11(9)23-2)12(22)13(4-3-5-13)14(15,16)17/h7,9,11H,3-6,8H2,1-2H3/t9-,11+/m0/s1. The van der Waals surface area contributed by atoms with E-state index in [9.17, 15) is 18.0 Å². The van der Waals surface area contributed by atoms with Crippen molar-refractivity contribution < 1.29 is 22.7 Å². The second kappa shape index (κ2) is 5.47. The normalized spacial score (nSPS) is 27.1. The molecule has 0 unspecified atom stereocenters. The number of alkyl halides is 3. The number of hydrogen-bond donors (Lipinski definition) is 0. The molecule has 0 bridgehead atoms. The molecule has 0 spiro atoms. The van der Waals surface area contributed by atoms with Gasteiger partial charge in [0.2, 0.25) is 5.91 Å². The molecule has 128 valence electrons. The van der Waals surface area contributed by atoms with Gasteiger partial charge in [-0.25, -0.2) is 0 Å². The van der Waals surface area contributed by atoms with Gasteiger partial charge in [-0.3, -0.25) is 9.48 Å². The summed E-state index contributed by atoms with van der Waals surface area (Å²) in [7, 11) is 3.20. The van der Waals surface area contributed by atoms with Gasteiger partial charge in [-0.1, -0.05) is 11.6 Å². The minimum absolute atomic E-state index is 0.126. The van der Waals surface area contributed by atoms with Gasteiger partial charge in [0.25, 0.3) is 0 Å². The first-order valence-corrected chi connectivity index (χ1v) is 7.53. The molecule has 9 heteroatoms. The van der Waals surface area contributed by atoms with E-state index in [1.54, 1.807) is 13.2 Å². The maximum atomic E-state index is 13.4. The van der Waals surface area contributed by atoms with Crippen LogP contribution in [-0.4, -0.2) is 58.3 Å². The molecule has 1 aliphatic heterocycles. The van der Waals surface area contributed by atoms with E-state index >= 15 is 0 Å². The van der Waals surface area contributed by atoms with E-state index in [1.165, 1.54) is 16.7 Å². The van der Waals surface area contributed by atoms with E-state index in [0.717, 1.165) is 0 Å². The molecular weight excluding hydrogens is 313 g/mol. The molecular formula is C14H19F3N4O2. The summed E-state index contributed by atoms with van der Waals surface area (Å²) in [6.45, 7) is 0.322. The van der Waals surface area contributed by atoms with Crippen LogP contribution in [0.4, 0.5) is 13.2 Å². The van der Waals surface area contributed by atoms with E-state index < -0.39 is 17.5 Å². The third-order valence-corrected chi connectivity index (χ3v) is 5.02. The number of ether oxygens (including phenoxy) is 1. The van der Waals surface area contributed by atoms with E-state index in [0.29, 0.717) is 12.1 Å². The van der Waals surface area contributed by atoms with Crippen LogP contribution in [0, 0.1) is 5.41 Å². The van der Waals surface area contributed by atoms with Crippen LogP contribution in [0.25, 0.3) is 0 Å². The number of nitrogens with zero attached hydrogens (tertiary/aromatic N) is 4. The average Bonchev–Trinajstić information content (AvgIpc) is 3.00. The monoisotopic (exact) mass is 332 g/mol. The molecule has 2 atom stereocenters. The van der Waals surface area contributed by atoms with Crippen LogP contribution in [0.3, 0.4) is 0 Å². The lowest BCUT2D eigenvalue weighted by atomic mass is 9.67. The van der Waals surface area contributed by atoms with Crippen molar-refractivity contribution in [3.05, 3.63) is 11.9 Å². The van der Waals surface area contributed by atoms with E-state index in [4.69, 9.17) is 4.74 Å². The quantitative estimate of drug-likeness (QED) is 0.841. The first-order chi connectivity index (χ1) is 10.8. The number of rotatable bonds is 3. The average molecular weight is 332 g/mol. The molecule has 3 rings (SSSR count). The fourth-order valence-electron chi connectivity index (χ4n) is 3.45. The fourth-order valence-corrected chi connectivity index (χ4v) is 3.45.